The summed E-state index contributed by atoms with van der Waals surface area (Å²) < 4.78 is 0. The van der Waals surface area contributed by atoms with E-state index in [2.05, 4.69) is 26.1 Å². The molecule has 0 aromatic carbocycles. The van der Waals surface area contributed by atoms with Crippen LogP contribution in [0.1, 0.15) is 52.9 Å². The van der Waals surface area contributed by atoms with Gasteiger partial charge in [0.1, 0.15) is 0 Å². The Bertz CT molecular complexity index is 111. The average molecular weight is 155 g/mol. The molecule has 0 spiro atoms. The van der Waals surface area contributed by atoms with Gasteiger partial charge in [-0.15, -0.1) is 0 Å². The lowest BCUT2D eigenvalue weighted by molar-refractivity contribution is 0.159. The van der Waals surface area contributed by atoms with E-state index in [1.165, 1.54) is 32.1 Å². The van der Waals surface area contributed by atoms with Gasteiger partial charge in [-0.2, -0.15) is 0 Å². The van der Waals surface area contributed by atoms with Gasteiger partial charge in [0, 0.05) is 11.6 Å². The van der Waals surface area contributed by atoms with Crippen LogP contribution in [0.25, 0.3) is 0 Å². The highest BCUT2D eigenvalue weighted by Gasteiger charge is 2.35. The molecule has 1 unspecified atom stereocenters. The highest BCUT2D eigenvalue weighted by atomic mass is 15.0. The van der Waals surface area contributed by atoms with Crippen molar-refractivity contribution >= 4 is 0 Å². The van der Waals surface area contributed by atoms with Crippen LogP contribution in [0.4, 0.5) is 0 Å². The summed E-state index contributed by atoms with van der Waals surface area (Å²) in [7, 11) is 0. The van der Waals surface area contributed by atoms with Crippen molar-refractivity contribution in [1.29, 1.82) is 0 Å². The molecule has 0 aromatic heterocycles. The molecule has 1 saturated carbocycles. The second kappa shape index (κ2) is 3.57. The third-order valence-electron chi connectivity index (χ3n) is 3.15. The van der Waals surface area contributed by atoms with Crippen LogP contribution in [-0.4, -0.2) is 11.6 Å². The van der Waals surface area contributed by atoms with Gasteiger partial charge in [0.2, 0.25) is 0 Å². The highest BCUT2D eigenvalue weighted by molar-refractivity contribution is 4.95. The van der Waals surface area contributed by atoms with Crippen LogP contribution in [0, 0.1) is 0 Å². The molecule has 1 rings (SSSR count). The van der Waals surface area contributed by atoms with Gasteiger partial charge in [-0.3, -0.25) is 0 Å². The summed E-state index contributed by atoms with van der Waals surface area (Å²) in [5, 5.41) is 3.73. The summed E-state index contributed by atoms with van der Waals surface area (Å²) in [5.74, 6) is 0. The third kappa shape index (κ3) is 1.96. The van der Waals surface area contributed by atoms with Crippen molar-refractivity contribution in [1.82, 2.24) is 5.32 Å². The predicted molar refractivity (Wildman–Crippen MR) is 49.8 cm³/mol. The van der Waals surface area contributed by atoms with Gasteiger partial charge in [0.25, 0.3) is 0 Å². The molecule has 11 heavy (non-hydrogen) atoms. The van der Waals surface area contributed by atoms with Crippen LogP contribution in [-0.2, 0) is 0 Å². The molecule has 1 N–H and O–H groups in total. The Kier molecular flexibility index (Phi) is 2.94. The predicted octanol–water partition coefficient (Wildman–Crippen LogP) is 2.71. The second-order valence-corrected chi connectivity index (χ2v) is 3.94. The first-order chi connectivity index (χ1) is 5.22. The molecule has 1 atom stereocenters. The largest absolute Gasteiger partial charge is 0.309 e. The zero-order valence-electron chi connectivity index (χ0n) is 8.11. The van der Waals surface area contributed by atoms with Gasteiger partial charge in [0.15, 0.2) is 0 Å². The number of nitrogens with one attached hydrogen (secondary N) is 1. The van der Waals surface area contributed by atoms with Gasteiger partial charge < -0.3 is 5.32 Å². The second-order valence-electron chi connectivity index (χ2n) is 3.94. The van der Waals surface area contributed by atoms with Crippen molar-refractivity contribution in [3.8, 4) is 0 Å². The van der Waals surface area contributed by atoms with Crippen LogP contribution < -0.4 is 5.32 Å². The van der Waals surface area contributed by atoms with E-state index in [9.17, 15) is 0 Å². The van der Waals surface area contributed by atoms with Crippen molar-refractivity contribution in [2.45, 2.75) is 64.5 Å². The first-order valence-electron chi connectivity index (χ1n) is 5.00. The maximum atomic E-state index is 3.73. The quantitative estimate of drug-likeness (QED) is 0.658. The first-order valence-corrected chi connectivity index (χ1v) is 5.00. The SMILES string of the molecule is CCC(C)NC1(CC)CCC1. The van der Waals surface area contributed by atoms with E-state index in [4.69, 9.17) is 0 Å². The Labute approximate surface area is 70.6 Å². The van der Waals surface area contributed by atoms with E-state index in [0.29, 0.717) is 11.6 Å². The van der Waals surface area contributed by atoms with Crippen molar-refractivity contribution in [3.63, 3.8) is 0 Å². The number of hydrogen-bond acceptors (Lipinski definition) is 1. The van der Waals surface area contributed by atoms with Crippen LogP contribution in [0.5, 0.6) is 0 Å². The standard InChI is InChI=1S/C10H21N/c1-4-9(3)11-10(5-2)7-6-8-10/h9,11H,4-8H2,1-3H3. The Hall–Kier alpha value is -0.0400. The lowest BCUT2D eigenvalue weighted by atomic mass is 9.74. The van der Waals surface area contributed by atoms with E-state index >= 15 is 0 Å². The monoisotopic (exact) mass is 155 g/mol. The van der Waals surface area contributed by atoms with Crippen LogP contribution in [0.2, 0.25) is 0 Å². The van der Waals surface area contributed by atoms with Crippen molar-refractivity contribution in [2.75, 3.05) is 0 Å². The van der Waals surface area contributed by atoms with Crippen molar-refractivity contribution in [3.05, 3.63) is 0 Å². The normalized spacial score (nSPS) is 24.3. The van der Waals surface area contributed by atoms with Gasteiger partial charge in [0.05, 0.1) is 0 Å². The Morgan fingerprint density at radius 3 is 2.27 bits per heavy atom. The summed E-state index contributed by atoms with van der Waals surface area (Å²) in [4.78, 5) is 0. The van der Waals surface area contributed by atoms with E-state index in [0.717, 1.165) is 0 Å². The minimum atomic E-state index is 0.537. The maximum absolute atomic E-state index is 3.73. The van der Waals surface area contributed by atoms with E-state index < -0.39 is 0 Å². The number of hydrogen-bond donors (Lipinski definition) is 1. The topological polar surface area (TPSA) is 12.0 Å². The molecule has 66 valence electrons. The highest BCUT2D eigenvalue weighted by Crippen LogP contribution is 2.35. The minimum absolute atomic E-state index is 0.537. The summed E-state index contributed by atoms with van der Waals surface area (Å²) in [5.41, 5.74) is 0.537. The fourth-order valence-electron chi connectivity index (χ4n) is 1.83. The molecule has 0 bridgehead atoms. The molecule has 1 nitrogen and oxygen atoms in total. The lowest BCUT2D eigenvalue weighted by Crippen LogP contribution is -2.53. The third-order valence-corrected chi connectivity index (χ3v) is 3.15. The van der Waals surface area contributed by atoms with Crippen molar-refractivity contribution in [2.24, 2.45) is 0 Å². The summed E-state index contributed by atoms with van der Waals surface area (Å²) in [6.45, 7) is 6.84. The zero-order chi connectivity index (χ0) is 8.32. The first kappa shape index (κ1) is 9.05. The molecule has 1 aliphatic rings. The van der Waals surface area contributed by atoms with Crippen LogP contribution in [0.15, 0.2) is 0 Å². The molecule has 1 fully saturated rings. The molecule has 1 aliphatic carbocycles. The molecule has 0 radical (unpaired) electrons. The zero-order valence-corrected chi connectivity index (χ0v) is 8.11. The van der Waals surface area contributed by atoms with E-state index in [-0.39, 0.29) is 0 Å². The molecule has 0 saturated heterocycles. The molecular weight excluding hydrogens is 134 g/mol. The lowest BCUT2D eigenvalue weighted by Gasteiger charge is -2.44. The molecule has 0 aliphatic heterocycles. The molecular formula is C10H21N. The smallest absolute Gasteiger partial charge is 0.0181 e. The molecule has 0 amide bonds. The summed E-state index contributed by atoms with van der Waals surface area (Å²) in [6, 6.07) is 0.704. The Balaban J connectivity index is 2.32. The van der Waals surface area contributed by atoms with Gasteiger partial charge in [-0.05, 0) is 39.0 Å². The summed E-state index contributed by atoms with van der Waals surface area (Å²) in [6.07, 6.45) is 6.78. The Morgan fingerprint density at radius 2 is 2.00 bits per heavy atom. The molecule has 0 aromatic rings. The summed E-state index contributed by atoms with van der Waals surface area (Å²) >= 11 is 0. The van der Waals surface area contributed by atoms with Crippen molar-refractivity contribution < 1.29 is 0 Å². The molecule has 1 heteroatoms. The number of rotatable bonds is 4. The fourth-order valence-corrected chi connectivity index (χ4v) is 1.83. The van der Waals surface area contributed by atoms with Gasteiger partial charge >= 0.3 is 0 Å². The Morgan fingerprint density at radius 1 is 1.36 bits per heavy atom. The molecule has 0 heterocycles. The van der Waals surface area contributed by atoms with Crippen LogP contribution in [0.3, 0.4) is 0 Å². The van der Waals surface area contributed by atoms with E-state index in [1.807, 2.05) is 0 Å². The minimum Gasteiger partial charge on any atom is -0.309 e. The van der Waals surface area contributed by atoms with Gasteiger partial charge in [-0.25, -0.2) is 0 Å². The maximum Gasteiger partial charge on any atom is 0.0181 e. The van der Waals surface area contributed by atoms with Crippen LogP contribution >= 0.6 is 0 Å². The fraction of sp³-hybridized carbons (Fsp3) is 1.00. The van der Waals surface area contributed by atoms with Gasteiger partial charge in [-0.1, -0.05) is 13.8 Å². The average Bonchev–Trinajstić information content (AvgIpc) is 1.96. The van der Waals surface area contributed by atoms with E-state index in [1.54, 1.807) is 0 Å².